The molecule has 0 spiro atoms. The van der Waals surface area contributed by atoms with E-state index in [-0.39, 0.29) is 33.5 Å². The number of rotatable bonds is 10. The Bertz CT molecular complexity index is 1540. The molecule has 39 heavy (non-hydrogen) atoms. The van der Waals surface area contributed by atoms with Crippen LogP contribution in [0.3, 0.4) is 0 Å². The number of para-hydroxylation sites is 1. The zero-order chi connectivity index (χ0) is 28.0. The van der Waals surface area contributed by atoms with E-state index in [1.807, 2.05) is 0 Å². The first-order chi connectivity index (χ1) is 18.6. The predicted octanol–water partition coefficient (Wildman–Crippen LogP) is 4.43. The van der Waals surface area contributed by atoms with Crippen LogP contribution in [0, 0.1) is 6.92 Å². The quantitative estimate of drug-likeness (QED) is 0.336. The van der Waals surface area contributed by atoms with Crippen molar-refractivity contribution >= 4 is 43.2 Å². The summed E-state index contributed by atoms with van der Waals surface area (Å²) in [6.07, 6.45) is 2.77. The minimum Gasteiger partial charge on any atom is -0.492 e. The van der Waals surface area contributed by atoms with Gasteiger partial charge in [0, 0.05) is 18.7 Å². The smallest absolute Gasteiger partial charge is 0.263 e. The minimum absolute atomic E-state index is 0.0123. The van der Waals surface area contributed by atoms with Gasteiger partial charge in [-0.25, -0.2) is 16.8 Å². The number of sulfonamides is 2. The van der Waals surface area contributed by atoms with Gasteiger partial charge in [0.2, 0.25) is 10.0 Å². The molecule has 0 saturated carbocycles. The second-order valence-corrected chi connectivity index (χ2v) is 13.1. The number of halogens is 1. The molecule has 0 unspecified atom stereocenters. The molecule has 1 fully saturated rings. The Morgan fingerprint density at radius 2 is 1.64 bits per heavy atom. The molecule has 1 aliphatic rings. The van der Waals surface area contributed by atoms with Gasteiger partial charge in [-0.2, -0.15) is 4.31 Å². The van der Waals surface area contributed by atoms with Gasteiger partial charge in [-0.05, 0) is 73.9 Å². The number of nitrogens with zero attached hydrogens (tertiary/aromatic N) is 1. The van der Waals surface area contributed by atoms with Crippen molar-refractivity contribution in [2.75, 3.05) is 31.0 Å². The lowest BCUT2D eigenvalue weighted by Crippen LogP contribution is -2.35. The van der Waals surface area contributed by atoms with Crippen molar-refractivity contribution in [2.45, 2.75) is 36.0 Å². The van der Waals surface area contributed by atoms with Crippen LogP contribution in [0.4, 0.5) is 5.69 Å². The van der Waals surface area contributed by atoms with E-state index in [1.165, 1.54) is 34.6 Å². The highest BCUT2D eigenvalue weighted by atomic mass is 35.5. The van der Waals surface area contributed by atoms with E-state index < -0.39 is 26.0 Å². The van der Waals surface area contributed by atoms with E-state index in [4.69, 9.17) is 16.3 Å². The summed E-state index contributed by atoms with van der Waals surface area (Å²) in [6.45, 7) is 3.10. The van der Waals surface area contributed by atoms with Crippen LogP contribution in [0.2, 0.25) is 5.02 Å². The number of ether oxygens (including phenoxy) is 1. The van der Waals surface area contributed by atoms with Gasteiger partial charge < -0.3 is 10.1 Å². The zero-order valence-corrected chi connectivity index (χ0v) is 23.8. The topological polar surface area (TPSA) is 122 Å². The van der Waals surface area contributed by atoms with Crippen molar-refractivity contribution < 1.29 is 26.4 Å². The van der Waals surface area contributed by atoms with Gasteiger partial charge in [0.15, 0.2) is 0 Å². The summed E-state index contributed by atoms with van der Waals surface area (Å²) < 4.78 is 61.1. The number of carbonyl (C=O) groups excluding carboxylic acids is 1. The van der Waals surface area contributed by atoms with Crippen molar-refractivity contribution in [2.24, 2.45) is 0 Å². The zero-order valence-electron chi connectivity index (χ0n) is 21.4. The van der Waals surface area contributed by atoms with Crippen molar-refractivity contribution in [1.29, 1.82) is 0 Å². The molecule has 1 saturated heterocycles. The molecule has 1 aliphatic heterocycles. The molecule has 1 amide bonds. The van der Waals surface area contributed by atoms with E-state index in [0.717, 1.165) is 24.8 Å². The minimum atomic E-state index is -4.04. The monoisotopic (exact) mass is 591 g/mol. The Morgan fingerprint density at radius 1 is 0.949 bits per heavy atom. The van der Waals surface area contributed by atoms with Gasteiger partial charge in [-0.3, -0.25) is 9.52 Å². The first kappa shape index (κ1) is 28.9. The fraction of sp³-hybridized carbons (Fsp3) is 0.296. The molecule has 1 heterocycles. The summed E-state index contributed by atoms with van der Waals surface area (Å²) in [5.74, 6) is -0.0328. The van der Waals surface area contributed by atoms with Crippen LogP contribution in [-0.4, -0.2) is 53.3 Å². The fourth-order valence-corrected chi connectivity index (χ4v) is 7.31. The van der Waals surface area contributed by atoms with E-state index in [2.05, 4.69) is 10.0 Å². The first-order valence-corrected chi connectivity index (χ1v) is 15.8. The van der Waals surface area contributed by atoms with E-state index in [9.17, 15) is 21.6 Å². The van der Waals surface area contributed by atoms with Crippen LogP contribution >= 0.6 is 11.6 Å². The van der Waals surface area contributed by atoms with Gasteiger partial charge in [0.25, 0.3) is 15.9 Å². The highest BCUT2D eigenvalue weighted by Gasteiger charge is 2.26. The third-order valence-corrected chi connectivity index (χ3v) is 10.1. The van der Waals surface area contributed by atoms with Crippen LogP contribution in [0.15, 0.2) is 76.5 Å². The molecule has 12 heteroatoms. The molecule has 0 aromatic heterocycles. The number of hydrogen-bond donors (Lipinski definition) is 2. The third kappa shape index (κ3) is 7.10. The largest absolute Gasteiger partial charge is 0.492 e. The van der Waals surface area contributed by atoms with Crippen molar-refractivity contribution in [3.63, 3.8) is 0 Å². The standard InChI is InChI=1S/C27H30ClN3O6S2/c1-20-7-3-4-8-25(20)30-38(33,34)26-19-21(9-14-24(26)28)27(32)29-15-18-37-22-10-12-23(13-11-22)39(35,36)31-16-5-2-6-17-31/h3-4,7-14,19,30H,2,5-6,15-18H2,1H3,(H,29,32). The van der Waals surface area contributed by atoms with Crippen LogP contribution in [0.5, 0.6) is 5.75 Å². The van der Waals surface area contributed by atoms with Crippen molar-refractivity contribution in [3.05, 3.63) is 82.9 Å². The van der Waals surface area contributed by atoms with Gasteiger partial charge in [0.05, 0.1) is 22.2 Å². The molecule has 208 valence electrons. The van der Waals surface area contributed by atoms with Crippen LogP contribution in [0.25, 0.3) is 0 Å². The number of anilines is 1. The molecule has 0 radical (unpaired) electrons. The number of nitrogens with one attached hydrogen (secondary N) is 2. The average molecular weight is 592 g/mol. The molecule has 0 atom stereocenters. The van der Waals surface area contributed by atoms with Crippen LogP contribution in [-0.2, 0) is 20.0 Å². The molecular weight excluding hydrogens is 562 g/mol. The molecule has 2 N–H and O–H groups in total. The number of benzene rings is 3. The predicted molar refractivity (Wildman–Crippen MR) is 150 cm³/mol. The lowest BCUT2D eigenvalue weighted by atomic mass is 10.2. The molecule has 3 aromatic rings. The number of piperidine rings is 1. The summed E-state index contributed by atoms with van der Waals surface area (Å²) in [5, 5.41) is 2.67. The second-order valence-electron chi connectivity index (χ2n) is 9.11. The van der Waals surface area contributed by atoms with Gasteiger partial charge in [-0.1, -0.05) is 36.2 Å². The maximum absolute atomic E-state index is 13.0. The normalized spacial score (nSPS) is 14.5. The first-order valence-electron chi connectivity index (χ1n) is 12.5. The van der Waals surface area contributed by atoms with Crippen LogP contribution < -0.4 is 14.8 Å². The average Bonchev–Trinajstić information content (AvgIpc) is 2.93. The molecular formula is C27H30ClN3O6S2. The molecule has 3 aromatic carbocycles. The van der Waals surface area contributed by atoms with Crippen molar-refractivity contribution in [3.8, 4) is 5.75 Å². The summed E-state index contributed by atoms with van der Waals surface area (Å²) in [4.78, 5) is 12.7. The number of aryl methyl sites for hydroxylation is 1. The maximum Gasteiger partial charge on any atom is 0.263 e. The lowest BCUT2D eigenvalue weighted by Gasteiger charge is -2.25. The number of carbonyl (C=O) groups is 1. The Balaban J connectivity index is 1.32. The third-order valence-electron chi connectivity index (χ3n) is 6.31. The number of amides is 1. The Morgan fingerprint density at radius 3 is 2.33 bits per heavy atom. The van der Waals surface area contributed by atoms with E-state index in [0.29, 0.717) is 24.5 Å². The molecule has 9 nitrogen and oxygen atoms in total. The lowest BCUT2D eigenvalue weighted by molar-refractivity contribution is 0.0946. The van der Waals surface area contributed by atoms with Gasteiger partial charge in [0.1, 0.15) is 17.3 Å². The van der Waals surface area contributed by atoms with Crippen LogP contribution in [0.1, 0.15) is 35.2 Å². The van der Waals surface area contributed by atoms with Crippen molar-refractivity contribution in [1.82, 2.24) is 9.62 Å². The summed E-state index contributed by atoms with van der Waals surface area (Å²) in [5.41, 5.74) is 1.28. The molecule has 0 aliphatic carbocycles. The SMILES string of the molecule is Cc1ccccc1NS(=O)(=O)c1cc(C(=O)NCCOc2ccc(S(=O)(=O)N3CCCCC3)cc2)ccc1Cl. The number of hydrogen-bond acceptors (Lipinski definition) is 6. The van der Waals surface area contributed by atoms with E-state index in [1.54, 1.807) is 43.3 Å². The second kappa shape index (κ2) is 12.4. The highest BCUT2D eigenvalue weighted by Crippen LogP contribution is 2.26. The Kier molecular flexibility index (Phi) is 9.16. The maximum atomic E-state index is 13.0. The van der Waals surface area contributed by atoms with E-state index >= 15 is 0 Å². The molecule has 4 rings (SSSR count). The summed E-state index contributed by atoms with van der Waals surface area (Å²) in [7, 11) is -7.56. The highest BCUT2D eigenvalue weighted by molar-refractivity contribution is 7.92. The Labute approximate surface area is 234 Å². The van der Waals surface area contributed by atoms with Gasteiger partial charge in [-0.15, -0.1) is 0 Å². The summed E-state index contributed by atoms with van der Waals surface area (Å²) in [6, 6.07) is 17.1. The molecule has 0 bridgehead atoms. The summed E-state index contributed by atoms with van der Waals surface area (Å²) >= 11 is 6.16. The van der Waals surface area contributed by atoms with Gasteiger partial charge >= 0.3 is 0 Å². The fourth-order valence-electron chi connectivity index (χ4n) is 4.14. The Hall–Kier alpha value is -3.12.